The predicted octanol–water partition coefficient (Wildman–Crippen LogP) is 0.431. The number of rotatable bonds is 9. The first-order valence-electron chi connectivity index (χ1n) is 5.47. The van der Waals surface area contributed by atoms with Gasteiger partial charge in [0, 0.05) is 0 Å². The van der Waals surface area contributed by atoms with E-state index in [-0.39, 0.29) is 4.90 Å². The summed E-state index contributed by atoms with van der Waals surface area (Å²) in [6.45, 7) is 6.45. The van der Waals surface area contributed by atoms with Crippen molar-refractivity contribution in [1.29, 1.82) is 0 Å². The Bertz CT molecular complexity index is 706. The summed E-state index contributed by atoms with van der Waals surface area (Å²) in [7, 11) is -4.22. The van der Waals surface area contributed by atoms with E-state index in [9.17, 15) is 16.8 Å². The van der Waals surface area contributed by atoms with Crippen molar-refractivity contribution in [3.63, 3.8) is 0 Å². The lowest BCUT2D eigenvalue weighted by atomic mass is 10.4. The van der Waals surface area contributed by atoms with E-state index < -0.39 is 42.2 Å². The minimum absolute atomic E-state index is 0.183. The molecule has 0 saturated carbocycles. The van der Waals surface area contributed by atoms with Crippen LogP contribution in [0, 0.1) is 0 Å². The van der Waals surface area contributed by atoms with Gasteiger partial charge in [0.25, 0.3) is 10.0 Å². The second-order valence-electron chi connectivity index (χ2n) is 3.65. The molecule has 0 aliphatic rings. The molecule has 2 unspecified atom stereocenters. The molecule has 0 radical (unpaired) electrons. The smallest absolute Gasteiger partial charge is 0.241 e. The van der Waals surface area contributed by atoms with Gasteiger partial charge in [-0.1, -0.05) is 31.4 Å². The summed E-state index contributed by atoms with van der Waals surface area (Å²) in [5, 5.41) is 15.8. The Morgan fingerprint density at radius 3 is 1.87 bits per heavy atom. The van der Waals surface area contributed by atoms with Gasteiger partial charge in [0.05, 0.1) is 4.90 Å². The molecular formula is C10H12N2O8S3. The molecule has 128 valence electrons. The van der Waals surface area contributed by atoms with Crippen molar-refractivity contribution in [3.05, 3.63) is 53.5 Å². The SMILES string of the molecule is C=C(N(NS(=O)(=O)c1ccccc1)C(=C)S(=O)OO)S(=O)OO. The summed E-state index contributed by atoms with van der Waals surface area (Å²) in [6, 6.07) is 6.99. The minimum Gasteiger partial charge on any atom is -0.241 e. The molecule has 0 aromatic heterocycles. The number of sulfonamides is 1. The average Bonchev–Trinajstić information content (AvgIpc) is 2.57. The molecule has 0 aliphatic heterocycles. The Morgan fingerprint density at radius 2 is 1.48 bits per heavy atom. The molecule has 1 aromatic carbocycles. The van der Waals surface area contributed by atoms with Crippen molar-refractivity contribution in [2.24, 2.45) is 0 Å². The maximum atomic E-state index is 12.2. The molecule has 23 heavy (non-hydrogen) atoms. The van der Waals surface area contributed by atoms with Gasteiger partial charge in [0.2, 0.25) is 22.2 Å². The second-order valence-corrected chi connectivity index (χ2v) is 7.49. The van der Waals surface area contributed by atoms with Crippen LogP contribution in [-0.2, 0) is 40.9 Å². The lowest BCUT2D eigenvalue weighted by Gasteiger charge is -2.24. The maximum absolute atomic E-state index is 12.2. The Hall–Kier alpha value is -1.45. The fourth-order valence-electron chi connectivity index (χ4n) is 1.25. The van der Waals surface area contributed by atoms with Crippen molar-refractivity contribution in [3.8, 4) is 0 Å². The fraction of sp³-hybridized carbons (Fsp3) is 0. The Kier molecular flexibility index (Phi) is 7.17. The number of hydrazine groups is 1. The lowest BCUT2D eigenvalue weighted by Crippen LogP contribution is -2.42. The molecule has 2 atom stereocenters. The van der Waals surface area contributed by atoms with Crippen LogP contribution in [0.4, 0.5) is 0 Å². The zero-order chi connectivity index (χ0) is 17.6. The number of nitrogens with one attached hydrogen (secondary N) is 1. The highest BCUT2D eigenvalue weighted by Crippen LogP contribution is 2.18. The number of hydrogen-bond donors (Lipinski definition) is 3. The maximum Gasteiger partial charge on any atom is 0.257 e. The summed E-state index contributed by atoms with van der Waals surface area (Å²) in [5.41, 5.74) is 0. The highest BCUT2D eigenvalue weighted by atomic mass is 32.2. The van der Waals surface area contributed by atoms with Crippen molar-refractivity contribution in [2.45, 2.75) is 4.90 Å². The van der Waals surface area contributed by atoms with Crippen molar-refractivity contribution in [1.82, 2.24) is 9.84 Å². The van der Waals surface area contributed by atoms with Gasteiger partial charge in [-0.3, -0.25) is 0 Å². The third-order valence-corrected chi connectivity index (χ3v) is 5.01. The van der Waals surface area contributed by atoms with Crippen LogP contribution < -0.4 is 4.83 Å². The Labute approximate surface area is 136 Å². The van der Waals surface area contributed by atoms with Crippen LogP contribution in [0.15, 0.2) is 58.4 Å². The van der Waals surface area contributed by atoms with Crippen LogP contribution in [0.3, 0.4) is 0 Å². The Balaban J connectivity index is 3.20. The third-order valence-electron chi connectivity index (χ3n) is 2.28. The molecule has 0 spiro atoms. The third kappa shape index (κ3) is 5.02. The Morgan fingerprint density at radius 1 is 1.04 bits per heavy atom. The monoisotopic (exact) mass is 384 g/mol. The van der Waals surface area contributed by atoms with Gasteiger partial charge in [-0.05, 0) is 12.1 Å². The summed E-state index contributed by atoms with van der Waals surface area (Å²) in [5.74, 6) is 0. The van der Waals surface area contributed by atoms with E-state index in [1.807, 2.05) is 4.83 Å². The van der Waals surface area contributed by atoms with Gasteiger partial charge in [0.1, 0.15) is 10.1 Å². The van der Waals surface area contributed by atoms with Crippen LogP contribution in [-0.4, -0.2) is 32.4 Å². The molecule has 0 aliphatic carbocycles. The summed E-state index contributed by atoms with van der Waals surface area (Å²) >= 11 is -5.21. The standard InChI is InChI=1S/C10H12N2O8S3/c1-8(21(15)19-13)12(9(2)22(16)20-14)11-23(17,18)10-6-4-3-5-7-10/h3-7,11,13-14H,1-2H2. The molecule has 0 fully saturated rings. The largest absolute Gasteiger partial charge is 0.257 e. The molecule has 0 amide bonds. The van der Waals surface area contributed by atoms with Crippen molar-refractivity contribution < 1.29 is 36.0 Å². The van der Waals surface area contributed by atoms with Crippen molar-refractivity contribution >= 4 is 32.2 Å². The second kappa shape index (κ2) is 8.42. The molecule has 0 saturated heterocycles. The normalized spacial score (nSPS) is 14.0. The summed E-state index contributed by atoms with van der Waals surface area (Å²) in [4.78, 5) is 1.69. The average molecular weight is 384 g/mol. The van der Waals surface area contributed by atoms with Crippen molar-refractivity contribution in [2.75, 3.05) is 0 Å². The number of nitrogens with zero attached hydrogens (tertiary/aromatic N) is 1. The molecule has 3 N–H and O–H groups in total. The summed E-state index contributed by atoms with van der Waals surface area (Å²) in [6.07, 6.45) is 0. The van der Waals surface area contributed by atoms with E-state index in [1.165, 1.54) is 24.3 Å². The zero-order valence-corrected chi connectivity index (χ0v) is 13.8. The van der Waals surface area contributed by atoms with Crippen LogP contribution in [0.5, 0.6) is 0 Å². The highest BCUT2D eigenvalue weighted by Gasteiger charge is 2.28. The van der Waals surface area contributed by atoms with E-state index in [1.54, 1.807) is 6.07 Å². The fourth-order valence-corrected chi connectivity index (χ4v) is 3.29. The number of benzene rings is 1. The van der Waals surface area contributed by atoms with E-state index in [2.05, 4.69) is 21.8 Å². The van der Waals surface area contributed by atoms with E-state index in [0.29, 0.717) is 5.01 Å². The molecule has 0 heterocycles. The van der Waals surface area contributed by atoms with Gasteiger partial charge in [-0.25, -0.2) is 32.4 Å². The molecule has 13 heteroatoms. The first-order chi connectivity index (χ1) is 10.7. The molecule has 1 aromatic rings. The van der Waals surface area contributed by atoms with E-state index in [4.69, 9.17) is 10.5 Å². The van der Waals surface area contributed by atoms with Crippen LogP contribution in [0.1, 0.15) is 0 Å². The van der Waals surface area contributed by atoms with Crippen LogP contribution >= 0.6 is 0 Å². The van der Waals surface area contributed by atoms with Crippen LogP contribution in [0.25, 0.3) is 0 Å². The topological polar surface area (TPSA) is 142 Å². The molecular weight excluding hydrogens is 372 g/mol. The molecule has 1 rings (SSSR count). The summed E-state index contributed by atoms with van der Waals surface area (Å²) < 4.78 is 54.3. The highest BCUT2D eigenvalue weighted by molar-refractivity contribution is 7.89. The van der Waals surface area contributed by atoms with E-state index in [0.717, 1.165) is 0 Å². The first-order valence-corrected chi connectivity index (χ1v) is 9.10. The lowest BCUT2D eigenvalue weighted by molar-refractivity contribution is -0.124. The van der Waals surface area contributed by atoms with Gasteiger partial charge >= 0.3 is 0 Å². The predicted molar refractivity (Wildman–Crippen MR) is 80.6 cm³/mol. The zero-order valence-electron chi connectivity index (χ0n) is 11.3. The van der Waals surface area contributed by atoms with Gasteiger partial charge in [-0.15, -0.1) is 13.5 Å². The molecule has 0 bridgehead atoms. The molecule has 10 nitrogen and oxygen atoms in total. The quantitative estimate of drug-likeness (QED) is 0.408. The number of hydrogen-bond acceptors (Lipinski definition) is 9. The first kappa shape index (κ1) is 19.6. The van der Waals surface area contributed by atoms with E-state index >= 15 is 0 Å². The van der Waals surface area contributed by atoms with Crippen LogP contribution in [0.2, 0.25) is 0 Å². The van der Waals surface area contributed by atoms with Gasteiger partial charge in [-0.2, -0.15) is 0 Å². The van der Waals surface area contributed by atoms with Gasteiger partial charge in [0.15, 0.2) is 0 Å². The minimum atomic E-state index is -4.22. The van der Waals surface area contributed by atoms with Gasteiger partial charge < -0.3 is 0 Å².